The van der Waals surface area contributed by atoms with Crippen molar-refractivity contribution in [3.63, 3.8) is 0 Å². The van der Waals surface area contributed by atoms with E-state index in [-0.39, 0.29) is 18.0 Å². The molecule has 0 aromatic heterocycles. The molecule has 1 aromatic rings. The van der Waals surface area contributed by atoms with Gasteiger partial charge in [-0.1, -0.05) is 30.1 Å². The van der Waals surface area contributed by atoms with E-state index in [1.54, 1.807) is 0 Å². The molecule has 0 aliphatic rings. The number of halogens is 2. The van der Waals surface area contributed by atoms with Crippen LogP contribution in [0.5, 0.6) is 0 Å². The van der Waals surface area contributed by atoms with Gasteiger partial charge in [0.25, 0.3) is 5.91 Å². The first-order valence-corrected chi connectivity index (χ1v) is 6.88. The number of nitrogens with one attached hydrogen (secondary N) is 2. The van der Waals surface area contributed by atoms with Crippen LogP contribution >= 0.6 is 23.2 Å². The molecule has 0 saturated heterocycles. The average Bonchev–Trinajstić information content (AvgIpc) is 2.40. The summed E-state index contributed by atoms with van der Waals surface area (Å²) in [5.74, 6) is -0.994. The first-order valence-electron chi connectivity index (χ1n) is 6.12. The van der Waals surface area contributed by atoms with Gasteiger partial charge in [-0.2, -0.15) is 0 Å². The van der Waals surface area contributed by atoms with E-state index in [1.165, 1.54) is 18.2 Å². The number of hydrogen-bond donors (Lipinski definition) is 3. The van der Waals surface area contributed by atoms with Crippen LogP contribution < -0.4 is 10.6 Å². The summed E-state index contributed by atoms with van der Waals surface area (Å²) in [5.41, 5.74) is 0.272. The van der Waals surface area contributed by atoms with E-state index in [9.17, 15) is 14.7 Å². The van der Waals surface area contributed by atoms with Gasteiger partial charge >= 0.3 is 0 Å². The van der Waals surface area contributed by atoms with E-state index in [4.69, 9.17) is 23.2 Å². The molecule has 1 rings (SSSR count). The molecule has 0 bridgehead atoms. The van der Waals surface area contributed by atoms with Crippen LogP contribution in [0.15, 0.2) is 18.2 Å². The molecular weight excluding hydrogens is 303 g/mol. The van der Waals surface area contributed by atoms with Crippen molar-refractivity contribution < 1.29 is 14.7 Å². The van der Waals surface area contributed by atoms with E-state index in [0.29, 0.717) is 16.6 Å². The second kappa shape index (κ2) is 8.09. The number of hydrogen-bond acceptors (Lipinski definition) is 3. The van der Waals surface area contributed by atoms with Crippen LogP contribution in [0.1, 0.15) is 25.0 Å². The molecule has 2 amide bonds. The number of aliphatic hydroxyl groups is 1. The topological polar surface area (TPSA) is 78.4 Å². The lowest BCUT2D eigenvalue weighted by Gasteiger charge is -2.12. The molecule has 7 heteroatoms. The lowest BCUT2D eigenvalue weighted by molar-refractivity contribution is -0.132. The molecule has 0 aliphatic heterocycles. The molecule has 1 aromatic carbocycles. The van der Waals surface area contributed by atoms with Crippen LogP contribution in [0.3, 0.4) is 0 Å². The maximum absolute atomic E-state index is 11.7. The summed E-state index contributed by atoms with van der Waals surface area (Å²) in [5, 5.41) is 15.5. The van der Waals surface area contributed by atoms with Gasteiger partial charge in [-0.15, -0.1) is 0 Å². The van der Waals surface area contributed by atoms with Gasteiger partial charge in [-0.25, -0.2) is 0 Å². The maximum Gasteiger partial charge on any atom is 0.253 e. The molecular formula is C13H16Cl2N2O3. The summed E-state index contributed by atoms with van der Waals surface area (Å²) < 4.78 is 0. The zero-order valence-corrected chi connectivity index (χ0v) is 12.5. The van der Waals surface area contributed by atoms with Gasteiger partial charge in [-0.05, 0) is 30.2 Å². The van der Waals surface area contributed by atoms with E-state index >= 15 is 0 Å². The van der Waals surface area contributed by atoms with E-state index in [2.05, 4.69) is 10.6 Å². The minimum Gasteiger partial charge on any atom is -0.378 e. The summed E-state index contributed by atoms with van der Waals surface area (Å²) in [6.07, 6.45) is -0.617. The van der Waals surface area contributed by atoms with Crippen molar-refractivity contribution in [1.82, 2.24) is 10.6 Å². The predicted octanol–water partition coefficient (Wildman–Crippen LogP) is 1.67. The highest BCUT2D eigenvalue weighted by atomic mass is 35.5. The Morgan fingerprint density at radius 2 is 1.80 bits per heavy atom. The van der Waals surface area contributed by atoms with E-state index < -0.39 is 12.0 Å². The van der Waals surface area contributed by atoms with Crippen LogP contribution in [-0.2, 0) is 9.59 Å². The van der Waals surface area contributed by atoms with Crippen LogP contribution in [-0.4, -0.2) is 30.0 Å². The third-order valence-corrected chi connectivity index (χ3v) is 2.88. The molecule has 20 heavy (non-hydrogen) atoms. The minimum atomic E-state index is -1.43. The van der Waals surface area contributed by atoms with E-state index in [1.807, 2.05) is 6.92 Å². The monoisotopic (exact) mass is 318 g/mol. The first-order chi connectivity index (χ1) is 9.43. The van der Waals surface area contributed by atoms with Gasteiger partial charge in [0.1, 0.15) is 0 Å². The van der Waals surface area contributed by atoms with Crippen molar-refractivity contribution in [2.45, 2.75) is 19.4 Å². The summed E-state index contributed by atoms with van der Waals surface area (Å²) >= 11 is 11.6. The number of carbonyl (C=O) groups excluding carboxylic acids is 2. The quantitative estimate of drug-likeness (QED) is 0.746. The largest absolute Gasteiger partial charge is 0.378 e. The summed E-state index contributed by atoms with van der Waals surface area (Å²) in [4.78, 5) is 23.0. The molecule has 0 radical (unpaired) electrons. The lowest BCUT2D eigenvalue weighted by Crippen LogP contribution is -2.39. The van der Waals surface area contributed by atoms with Gasteiger partial charge in [0.15, 0.2) is 6.10 Å². The molecule has 1 unspecified atom stereocenters. The van der Waals surface area contributed by atoms with Gasteiger partial charge in [0.05, 0.1) is 6.54 Å². The SMILES string of the molecule is CCCNC(=O)CNC(=O)C(O)c1cc(Cl)cc(Cl)c1. The number of benzene rings is 1. The Hall–Kier alpha value is -1.30. The molecule has 5 nitrogen and oxygen atoms in total. The van der Waals surface area contributed by atoms with Crippen LogP contribution in [0, 0.1) is 0 Å². The molecule has 110 valence electrons. The molecule has 3 N–H and O–H groups in total. The summed E-state index contributed by atoms with van der Waals surface area (Å²) in [7, 11) is 0. The van der Waals surface area contributed by atoms with Crippen molar-refractivity contribution in [3.05, 3.63) is 33.8 Å². The zero-order valence-electron chi connectivity index (χ0n) is 11.0. The Morgan fingerprint density at radius 3 is 2.35 bits per heavy atom. The van der Waals surface area contributed by atoms with Crippen molar-refractivity contribution in [3.8, 4) is 0 Å². The second-order valence-corrected chi connectivity index (χ2v) is 5.05. The third kappa shape index (κ3) is 5.36. The zero-order chi connectivity index (χ0) is 15.1. The standard InChI is InChI=1S/C13H16Cl2N2O3/c1-2-3-16-11(18)7-17-13(20)12(19)8-4-9(14)6-10(15)5-8/h4-6,12,19H,2-3,7H2,1H3,(H,16,18)(H,17,20). The molecule has 0 aliphatic carbocycles. The van der Waals surface area contributed by atoms with Gasteiger partial charge in [0, 0.05) is 16.6 Å². The molecule has 0 spiro atoms. The highest BCUT2D eigenvalue weighted by Gasteiger charge is 2.18. The van der Waals surface area contributed by atoms with Crippen molar-refractivity contribution in [1.29, 1.82) is 0 Å². The predicted molar refractivity (Wildman–Crippen MR) is 77.7 cm³/mol. The average molecular weight is 319 g/mol. The Morgan fingerprint density at radius 1 is 1.20 bits per heavy atom. The molecule has 0 fully saturated rings. The minimum absolute atomic E-state index is 0.190. The molecule has 1 atom stereocenters. The fraction of sp³-hybridized carbons (Fsp3) is 0.385. The normalized spacial score (nSPS) is 11.8. The fourth-order valence-electron chi connectivity index (χ4n) is 1.48. The Balaban J connectivity index is 2.56. The Labute approximate surface area is 127 Å². The second-order valence-electron chi connectivity index (χ2n) is 4.17. The van der Waals surface area contributed by atoms with Crippen LogP contribution in [0.4, 0.5) is 0 Å². The van der Waals surface area contributed by atoms with Crippen LogP contribution in [0.2, 0.25) is 10.0 Å². The highest BCUT2D eigenvalue weighted by Crippen LogP contribution is 2.23. The fourth-order valence-corrected chi connectivity index (χ4v) is 2.02. The number of aliphatic hydroxyl groups excluding tert-OH is 1. The van der Waals surface area contributed by atoms with Crippen LogP contribution in [0.25, 0.3) is 0 Å². The molecule has 0 saturated carbocycles. The Bertz CT molecular complexity index is 474. The van der Waals surface area contributed by atoms with Crippen molar-refractivity contribution in [2.75, 3.05) is 13.1 Å². The summed E-state index contributed by atoms with van der Waals surface area (Å²) in [6, 6.07) is 4.37. The maximum atomic E-state index is 11.7. The van der Waals surface area contributed by atoms with E-state index in [0.717, 1.165) is 6.42 Å². The number of rotatable bonds is 6. The lowest BCUT2D eigenvalue weighted by atomic mass is 10.1. The van der Waals surface area contributed by atoms with Gasteiger partial charge < -0.3 is 15.7 Å². The summed E-state index contributed by atoms with van der Waals surface area (Å²) in [6.45, 7) is 2.27. The first kappa shape index (κ1) is 16.8. The molecule has 0 heterocycles. The van der Waals surface area contributed by atoms with Crippen molar-refractivity contribution >= 4 is 35.0 Å². The van der Waals surface area contributed by atoms with Crippen molar-refractivity contribution in [2.24, 2.45) is 0 Å². The number of amides is 2. The highest BCUT2D eigenvalue weighted by molar-refractivity contribution is 6.34. The van der Waals surface area contributed by atoms with Gasteiger partial charge in [0.2, 0.25) is 5.91 Å². The van der Waals surface area contributed by atoms with Gasteiger partial charge in [-0.3, -0.25) is 9.59 Å². The third-order valence-electron chi connectivity index (χ3n) is 2.44. The smallest absolute Gasteiger partial charge is 0.253 e. The Kier molecular flexibility index (Phi) is 6.78. The number of carbonyl (C=O) groups is 2.